The summed E-state index contributed by atoms with van der Waals surface area (Å²) in [7, 11) is 1.32. The van der Waals surface area contributed by atoms with Gasteiger partial charge in [0.15, 0.2) is 0 Å². The van der Waals surface area contributed by atoms with Gasteiger partial charge in [-0.1, -0.05) is 47.7 Å². The number of methoxy groups -OCH3 is 1. The van der Waals surface area contributed by atoms with Crippen LogP contribution in [0.25, 0.3) is 11.3 Å². The summed E-state index contributed by atoms with van der Waals surface area (Å²) in [6.07, 6.45) is 2.78. The Morgan fingerprint density at radius 1 is 1.24 bits per heavy atom. The predicted octanol–water partition coefficient (Wildman–Crippen LogP) is 4.22. The molecule has 0 aliphatic carbocycles. The van der Waals surface area contributed by atoms with Crippen LogP contribution in [0, 0.1) is 0 Å². The monoisotopic (exact) mass is 408 g/mol. The van der Waals surface area contributed by atoms with Crippen LogP contribution in [0.1, 0.15) is 5.56 Å². The third kappa shape index (κ3) is 4.99. The molecular weight excluding hydrogens is 388 g/mol. The molecule has 0 spiro atoms. The van der Waals surface area contributed by atoms with Crippen molar-refractivity contribution in [3.63, 3.8) is 0 Å². The van der Waals surface area contributed by atoms with Gasteiger partial charge in [0, 0.05) is 12.1 Å². The minimum atomic E-state index is -0.562. The first-order valence-corrected chi connectivity index (χ1v) is 9.55. The van der Waals surface area contributed by atoms with Crippen molar-refractivity contribution in [3.8, 4) is 17.0 Å². The van der Waals surface area contributed by atoms with E-state index in [1.807, 2.05) is 34.9 Å². The standard InChI is InChI=1S/C21H20N4O3S/c1-3-13-25-18(16-7-5-4-6-8-16)19(23-21(27)28-2)29-20(25)24-22-14-15-9-11-17(26)12-10-15/h3-12,14,26H,1,13H2,2H3,(H,23,27)/b22-14+,24-20-. The average molecular weight is 408 g/mol. The maximum Gasteiger partial charge on any atom is 0.412 e. The number of carbonyl (C=O) groups is 1. The smallest absolute Gasteiger partial charge is 0.412 e. The molecule has 1 heterocycles. The van der Waals surface area contributed by atoms with Gasteiger partial charge in [0.25, 0.3) is 0 Å². The van der Waals surface area contributed by atoms with Crippen LogP contribution in [0.2, 0.25) is 0 Å². The number of carbonyl (C=O) groups excluding carboxylic acids is 1. The second kappa shape index (κ2) is 9.52. The second-order valence-corrected chi connectivity index (χ2v) is 6.86. The maximum atomic E-state index is 11.8. The minimum absolute atomic E-state index is 0.187. The molecule has 0 unspecified atom stereocenters. The summed E-state index contributed by atoms with van der Waals surface area (Å²) in [6, 6.07) is 16.3. The Balaban J connectivity index is 2.09. The van der Waals surface area contributed by atoms with Gasteiger partial charge >= 0.3 is 6.09 Å². The van der Waals surface area contributed by atoms with Crippen molar-refractivity contribution in [2.75, 3.05) is 12.4 Å². The number of anilines is 1. The zero-order chi connectivity index (χ0) is 20.6. The Labute approximate surface area is 171 Å². The Hall–Kier alpha value is -3.65. The fourth-order valence-electron chi connectivity index (χ4n) is 2.60. The molecule has 2 aromatic carbocycles. The van der Waals surface area contributed by atoms with E-state index >= 15 is 0 Å². The van der Waals surface area contributed by atoms with Gasteiger partial charge in [0.2, 0.25) is 4.80 Å². The Bertz CT molecular complexity index is 1080. The Morgan fingerprint density at radius 2 is 1.97 bits per heavy atom. The fraction of sp³-hybridized carbons (Fsp3) is 0.0952. The van der Waals surface area contributed by atoms with E-state index in [2.05, 4.69) is 22.1 Å². The summed E-state index contributed by atoms with van der Waals surface area (Å²) in [5.41, 5.74) is 2.51. The lowest BCUT2D eigenvalue weighted by Gasteiger charge is -2.09. The quantitative estimate of drug-likeness (QED) is 0.364. The number of aromatic nitrogens is 1. The number of hydrogen-bond acceptors (Lipinski definition) is 6. The van der Waals surface area contributed by atoms with Gasteiger partial charge in [0.1, 0.15) is 10.8 Å². The lowest BCUT2D eigenvalue weighted by molar-refractivity contribution is 0.187. The van der Waals surface area contributed by atoms with Gasteiger partial charge in [0.05, 0.1) is 19.0 Å². The molecule has 0 saturated carbocycles. The highest BCUT2D eigenvalue weighted by molar-refractivity contribution is 7.14. The second-order valence-electron chi connectivity index (χ2n) is 5.88. The van der Waals surface area contributed by atoms with E-state index in [1.54, 1.807) is 36.6 Å². The van der Waals surface area contributed by atoms with E-state index in [0.717, 1.165) is 16.8 Å². The molecule has 1 aromatic heterocycles. The highest BCUT2D eigenvalue weighted by Crippen LogP contribution is 2.31. The van der Waals surface area contributed by atoms with Crippen LogP contribution in [0.3, 0.4) is 0 Å². The van der Waals surface area contributed by atoms with Crippen LogP contribution in [0.5, 0.6) is 5.75 Å². The van der Waals surface area contributed by atoms with Gasteiger partial charge in [-0.25, -0.2) is 4.79 Å². The van der Waals surface area contributed by atoms with Crippen molar-refractivity contribution in [1.82, 2.24) is 4.57 Å². The molecule has 0 saturated heterocycles. The van der Waals surface area contributed by atoms with Gasteiger partial charge in [-0.05, 0) is 29.8 Å². The first-order valence-electron chi connectivity index (χ1n) is 8.73. The highest BCUT2D eigenvalue weighted by atomic mass is 32.1. The number of phenols is 1. The molecule has 148 valence electrons. The molecule has 0 fully saturated rings. The molecule has 7 nitrogen and oxygen atoms in total. The summed E-state index contributed by atoms with van der Waals surface area (Å²) in [5.74, 6) is 0.187. The SMILES string of the molecule is C=CCn1c(-c2ccccc2)c(NC(=O)OC)s/c1=N\N=C\c1ccc(O)cc1. The van der Waals surface area contributed by atoms with Crippen molar-refractivity contribution in [1.29, 1.82) is 0 Å². The summed E-state index contributed by atoms with van der Waals surface area (Å²) in [5, 5.41) is 21.2. The van der Waals surface area contributed by atoms with Crippen molar-refractivity contribution in [2.24, 2.45) is 10.2 Å². The lowest BCUT2D eigenvalue weighted by Crippen LogP contribution is -2.15. The highest BCUT2D eigenvalue weighted by Gasteiger charge is 2.17. The molecule has 1 amide bonds. The van der Waals surface area contributed by atoms with Crippen molar-refractivity contribution in [2.45, 2.75) is 6.54 Å². The maximum absolute atomic E-state index is 11.8. The third-order valence-corrected chi connectivity index (χ3v) is 4.90. The van der Waals surface area contributed by atoms with E-state index in [9.17, 15) is 9.90 Å². The van der Waals surface area contributed by atoms with Crippen LogP contribution < -0.4 is 10.1 Å². The summed E-state index contributed by atoms with van der Waals surface area (Å²) in [4.78, 5) is 12.4. The van der Waals surface area contributed by atoms with Crippen molar-refractivity contribution < 1.29 is 14.6 Å². The number of nitrogens with one attached hydrogen (secondary N) is 1. The molecule has 0 atom stereocenters. The lowest BCUT2D eigenvalue weighted by atomic mass is 10.1. The number of thiazole rings is 1. The van der Waals surface area contributed by atoms with Crippen LogP contribution in [-0.4, -0.2) is 29.1 Å². The molecule has 0 radical (unpaired) electrons. The van der Waals surface area contributed by atoms with Crippen LogP contribution in [0.4, 0.5) is 9.80 Å². The van der Waals surface area contributed by atoms with E-state index in [4.69, 9.17) is 4.74 Å². The molecule has 29 heavy (non-hydrogen) atoms. The van der Waals surface area contributed by atoms with E-state index < -0.39 is 6.09 Å². The molecule has 0 aliphatic heterocycles. The zero-order valence-corrected chi connectivity index (χ0v) is 16.6. The van der Waals surface area contributed by atoms with E-state index in [1.165, 1.54) is 18.4 Å². The van der Waals surface area contributed by atoms with Gasteiger partial charge < -0.3 is 14.4 Å². The Morgan fingerprint density at radius 3 is 2.62 bits per heavy atom. The van der Waals surface area contributed by atoms with E-state index in [0.29, 0.717) is 16.3 Å². The number of amides is 1. The summed E-state index contributed by atoms with van der Waals surface area (Å²) < 4.78 is 6.67. The molecular formula is C21H20N4O3S. The summed E-state index contributed by atoms with van der Waals surface area (Å²) >= 11 is 1.29. The van der Waals surface area contributed by atoms with Gasteiger partial charge in [-0.2, -0.15) is 5.10 Å². The molecule has 0 aliphatic rings. The number of nitrogens with zero attached hydrogens (tertiary/aromatic N) is 3. The van der Waals surface area contributed by atoms with Gasteiger partial charge in [-0.15, -0.1) is 11.7 Å². The first-order chi connectivity index (χ1) is 14.1. The number of hydrogen-bond donors (Lipinski definition) is 2. The Kier molecular flexibility index (Phi) is 6.59. The molecule has 3 rings (SSSR count). The number of aromatic hydroxyl groups is 1. The largest absolute Gasteiger partial charge is 0.508 e. The fourth-order valence-corrected chi connectivity index (χ4v) is 3.61. The number of phenolic OH excluding ortho intramolecular Hbond substituents is 1. The van der Waals surface area contributed by atoms with Gasteiger partial charge in [-0.3, -0.25) is 5.32 Å². The molecule has 0 bridgehead atoms. The van der Waals surface area contributed by atoms with Crippen LogP contribution in [0.15, 0.2) is 77.5 Å². The van der Waals surface area contributed by atoms with Crippen molar-refractivity contribution >= 4 is 28.6 Å². The first kappa shape index (κ1) is 20.1. The van der Waals surface area contributed by atoms with Crippen LogP contribution >= 0.6 is 11.3 Å². The zero-order valence-electron chi connectivity index (χ0n) is 15.8. The topological polar surface area (TPSA) is 88.2 Å². The van der Waals surface area contributed by atoms with Crippen molar-refractivity contribution in [3.05, 3.63) is 77.6 Å². The number of benzene rings is 2. The van der Waals surface area contributed by atoms with E-state index in [-0.39, 0.29) is 5.75 Å². The van der Waals surface area contributed by atoms with Crippen LogP contribution in [-0.2, 0) is 11.3 Å². The normalized spacial score (nSPS) is 11.6. The molecule has 2 N–H and O–H groups in total. The summed E-state index contributed by atoms with van der Waals surface area (Å²) in [6.45, 7) is 4.31. The predicted molar refractivity (Wildman–Crippen MR) is 115 cm³/mol. The average Bonchev–Trinajstić information content (AvgIpc) is 3.07. The number of ether oxygens (including phenoxy) is 1. The minimum Gasteiger partial charge on any atom is -0.508 e. The third-order valence-electron chi connectivity index (χ3n) is 3.91. The number of allylic oxidation sites excluding steroid dienone is 1. The molecule has 8 heteroatoms. The number of rotatable bonds is 6. The molecule has 3 aromatic rings.